The standard InChI is InChI=1S/C23H35F3O/c1-4-15-6-8-19-18-7-5-16-13-17(23(24,25)26)9-12-22(16,14-27-3)20(18)10-11-21(15,19)2/h4,16-20H,5-14H2,1-3H3/b15-4-. The highest BCUT2D eigenvalue weighted by Gasteiger charge is 2.62. The lowest BCUT2D eigenvalue weighted by Crippen LogP contribution is -2.56. The fourth-order valence-electron chi connectivity index (χ4n) is 8.22. The lowest BCUT2D eigenvalue weighted by molar-refractivity contribution is -0.216. The number of hydrogen-bond acceptors (Lipinski definition) is 1. The molecule has 0 aromatic carbocycles. The average molecular weight is 385 g/mol. The lowest BCUT2D eigenvalue weighted by atomic mass is 9.44. The van der Waals surface area contributed by atoms with Crippen molar-refractivity contribution in [1.29, 1.82) is 0 Å². The van der Waals surface area contributed by atoms with Gasteiger partial charge < -0.3 is 4.74 Å². The normalized spacial score (nSPS) is 48.8. The zero-order valence-corrected chi connectivity index (χ0v) is 17.1. The van der Waals surface area contributed by atoms with Gasteiger partial charge in [0.1, 0.15) is 0 Å². The largest absolute Gasteiger partial charge is 0.391 e. The fourth-order valence-corrected chi connectivity index (χ4v) is 8.22. The van der Waals surface area contributed by atoms with Crippen LogP contribution in [0.4, 0.5) is 13.2 Å². The Morgan fingerprint density at radius 1 is 1.07 bits per heavy atom. The van der Waals surface area contributed by atoms with Crippen molar-refractivity contribution in [3.8, 4) is 0 Å². The molecule has 0 N–H and O–H groups in total. The highest BCUT2D eigenvalue weighted by atomic mass is 19.4. The summed E-state index contributed by atoms with van der Waals surface area (Å²) >= 11 is 0. The number of alkyl halides is 3. The van der Waals surface area contributed by atoms with Gasteiger partial charge in [-0.25, -0.2) is 0 Å². The Morgan fingerprint density at radius 3 is 2.52 bits per heavy atom. The summed E-state index contributed by atoms with van der Waals surface area (Å²) in [5.41, 5.74) is 1.95. The molecule has 4 aliphatic rings. The minimum absolute atomic E-state index is 0.0145. The van der Waals surface area contributed by atoms with Crippen molar-refractivity contribution < 1.29 is 17.9 Å². The molecule has 4 rings (SSSR count). The van der Waals surface area contributed by atoms with Crippen molar-refractivity contribution in [3.05, 3.63) is 11.6 Å². The number of hydrogen-bond donors (Lipinski definition) is 0. The van der Waals surface area contributed by atoms with E-state index in [0.717, 1.165) is 18.8 Å². The van der Waals surface area contributed by atoms with Gasteiger partial charge in [0.25, 0.3) is 0 Å². The summed E-state index contributed by atoms with van der Waals surface area (Å²) in [6.45, 7) is 5.30. The van der Waals surface area contributed by atoms with Crippen LogP contribution in [0.2, 0.25) is 0 Å². The van der Waals surface area contributed by atoms with Gasteiger partial charge >= 0.3 is 6.18 Å². The maximum Gasteiger partial charge on any atom is 0.391 e. The van der Waals surface area contributed by atoms with Crippen LogP contribution in [-0.4, -0.2) is 19.9 Å². The Kier molecular flexibility index (Phi) is 4.97. The number of methoxy groups -OCH3 is 1. The first-order valence-electron chi connectivity index (χ1n) is 11.0. The third-order valence-electron chi connectivity index (χ3n) is 9.44. The van der Waals surface area contributed by atoms with E-state index in [1.807, 2.05) is 0 Å². The maximum atomic E-state index is 13.4. The summed E-state index contributed by atoms with van der Waals surface area (Å²) in [4.78, 5) is 0. The Morgan fingerprint density at radius 2 is 1.85 bits per heavy atom. The van der Waals surface area contributed by atoms with E-state index in [1.54, 1.807) is 12.7 Å². The molecule has 0 aromatic heterocycles. The highest BCUT2D eigenvalue weighted by molar-refractivity contribution is 5.23. The predicted molar refractivity (Wildman–Crippen MR) is 101 cm³/mol. The van der Waals surface area contributed by atoms with Gasteiger partial charge in [0, 0.05) is 7.11 Å². The molecule has 0 spiro atoms. The molecule has 27 heavy (non-hydrogen) atoms. The van der Waals surface area contributed by atoms with Crippen molar-refractivity contribution in [1.82, 2.24) is 0 Å². The van der Waals surface area contributed by atoms with Gasteiger partial charge in [-0.1, -0.05) is 18.6 Å². The predicted octanol–water partition coefficient (Wildman–Crippen LogP) is 6.78. The third kappa shape index (κ3) is 2.91. The second-order valence-electron chi connectivity index (χ2n) is 10.1. The van der Waals surface area contributed by atoms with E-state index in [-0.39, 0.29) is 11.3 Å². The van der Waals surface area contributed by atoms with E-state index in [9.17, 15) is 13.2 Å². The molecule has 4 heteroatoms. The molecule has 0 aliphatic heterocycles. The van der Waals surface area contributed by atoms with E-state index in [1.165, 1.54) is 25.7 Å². The summed E-state index contributed by atoms with van der Waals surface area (Å²) in [5, 5.41) is 0. The summed E-state index contributed by atoms with van der Waals surface area (Å²) in [7, 11) is 1.74. The molecule has 4 fully saturated rings. The zero-order valence-electron chi connectivity index (χ0n) is 17.1. The summed E-state index contributed by atoms with van der Waals surface area (Å²) < 4.78 is 45.9. The van der Waals surface area contributed by atoms with E-state index in [2.05, 4.69) is 19.9 Å². The van der Waals surface area contributed by atoms with E-state index >= 15 is 0 Å². The van der Waals surface area contributed by atoms with Crippen LogP contribution in [0, 0.1) is 40.4 Å². The van der Waals surface area contributed by atoms with Crippen molar-refractivity contribution in [2.75, 3.05) is 13.7 Å². The molecule has 1 nitrogen and oxygen atoms in total. The first-order valence-corrected chi connectivity index (χ1v) is 11.0. The SMILES string of the molecule is C/C=C1/CCC2C3CCC4CC(C(F)(F)F)CCC4(COC)C3CCC12C. The minimum Gasteiger partial charge on any atom is -0.384 e. The lowest BCUT2D eigenvalue weighted by Gasteiger charge is -2.61. The van der Waals surface area contributed by atoms with Crippen LogP contribution in [0.25, 0.3) is 0 Å². The number of halogens is 3. The summed E-state index contributed by atoms with van der Waals surface area (Å²) in [6, 6.07) is 0. The number of rotatable bonds is 2. The molecule has 0 aromatic rings. The van der Waals surface area contributed by atoms with Crippen molar-refractivity contribution in [2.24, 2.45) is 40.4 Å². The van der Waals surface area contributed by atoms with Crippen LogP contribution < -0.4 is 0 Å². The Hall–Kier alpha value is -0.510. The minimum atomic E-state index is -4.03. The van der Waals surface area contributed by atoms with Crippen LogP contribution in [0.15, 0.2) is 11.6 Å². The smallest absolute Gasteiger partial charge is 0.384 e. The topological polar surface area (TPSA) is 9.23 Å². The van der Waals surface area contributed by atoms with Gasteiger partial charge in [-0.05, 0) is 99.2 Å². The molecule has 0 bridgehead atoms. The Bertz CT molecular complexity index is 597. The highest BCUT2D eigenvalue weighted by Crippen LogP contribution is 2.68. The molecular weight excluding hydrogens is 349 g/mol. The van der Waals surface area contributed by atoms with Crippen LogP contribution in [-0.2, 0) is 4.74 Å². The molecule has 0 radical (unpaired) electrons. The molecule has 7 atom stereocenters. The van der Waals surface area contributed by atoms with Crippen LogP contribution in [0.3, 0.4) is 0 Å². The summed E-state index contributed by atoms with van der Waals surface area (Å²) in [6.07, 6.45) is 6.61. The van der Waals surface area contributed by atoms with Gasteiger partial charge in [0.15, 0.2) is 0 Å². The number of ether oxygens (including phenoxy) is 1. The van der Waals surface area contributed by atoms with Crippen LogP contribution in [0.5, 0.6) is 0 Å². The molecule has 154 valence electrons. The van der Waals surface area contributed by atoms with Crippen molar-refractivity contribution in [3.63, 3.8) is 0 Å². The van der Waals surface area contributed by atoms with Gasteiger partial charge in [-0.2, -0.15) is 13.2 Å². The van der Waals surface area contributed by atoms with Crippen molar-refractivity contribution in [2.45, 2.75) is 77.8 Å². The Labute approximate surface area is 162 Å². The number of fused-ring (bicyclic) bond motifs is 5. The molecule has 0 amide bonds. The number of allylic oxidation sites excluding steroid dienone is 2. The van der Waals surface area contributed by atoms with Crippen molar-refractivity contribution >= 4 is 0 Å². The molecule has 7 unspecified atom stereocenters. The monoisotopic (exact) mass is 384 g/mol. The first-order chi connectivity index (χ1) is 12.8. The Balaban J connectivity index is 1.63. The quantitative estimate of drug-likeness (QED) is 0.477. The summed E-state index contributed by atoms with van der Waals surface area (Å²) in [5.74, 6) is 1.04. The van der Waals surface area contributed by atoms with E-state index in [0.29, 0.717) is 43.1 Å². The molecule has 0 saturated heterocycles. The zero-order chi connectivity index (χ0) is 19.4. The van der Waals surface area contributed by atoms with Crippen LogP contribution >= 0.6 is 0 Å². The van der Waals surface area contributed by atoms with Gasteiger partial charge in [-0.15, -0.1) is 0 Å². The molecular formula is C23H35F3O. The van der Waals surface area contributed by atoms with Crippen LogP contribution in [0.1, 0.15) is 71.6 Å². The molecule has 4 aliphatic carbocycles. The van der Waals surface area contributed by atoms with E-state index in [4.69, 9.17) is 4.74 Å². The van der Waals surface area contributed by atoms with Gasteiger partial charge in [0.2, 0.25) is 0 Å². The molecule has 4 saturated carbocycles. The van der Waals surface area contributed by atoms with Gasteiger partial charge in [0.05, 0.1) is 12.5 Å². The van der Waals surface area contributed by atoms with Gasteiger partial charge in [-0.3, -0.25) is 0 Å². The average Bonchev–Trinajstić information content (AvgIpc) is 2.96. The molecule has 0 heterocycles. The maximum absolute atomic E-state index is 13.4. The second-order valence-corrected chi connectivity index (χ2v) is 10.1. The second kappa shape index (κ2) is 6.78. The fraction of sp³-hybridized carbons (Fsp3) is 0.913. The van der Waals surface area contributed by atoms with E-state index < -0.39 is 12.1 Å². The first kappa shape index (κ1) is 19.8. The third-order valence-corrected chi connectivity index (χ3v) is 9.44.